The molecule has 0 fully saturated rings. The summed E-state index contributed by atoms with van der Waals surface area (Å²) in [7, 11) is 1.58. The van der Waals surface area contributed by atoms with Gasteiger partial charge in [0.05, 0.1) is 24.1 Å². The number of thiophene rings is 1. The van der Waals surface area contributed by atoms with Crippen LogP contribution in [0.4, 0.5) is 0 Å². The van der Waals surface area contributed by atoms with Crippen molar-refractivity contribution in [1.29, 1.82) is 0 Å². The third kappa shape index (κ3) is 3.35. The van der Waals surface area contributed by atoms with Gasteiger partial charge in [-0.05, 0) is 29.1 Å². The molecule has 0 aliphatic carbocycles. The minimum Gasteiger partial charge on any atom is -0.497 e. The highest BCUT2D eigenvalue weighted by Crippen LogP contribution is 2.16. The highest BCUT2D eigenvalue weighted by atomic mass is 32.1. The number of amides is 1. The van der Waals surface area contributed by atoms with Crippen LogP contribution in [-0.2, 0) is 4.79 Å². The molecule has 20 heavy (non-hydrogen) atoms. The first-order valence-electron chi connectivity index (χ1n) is 5.94. The fourth-order valence-electron chi connectivity index (χ4n) is 1.65. The van der Waals surface area contributed by atoms with Crippen molar-refractivity contribution in [2.75, 3.05) is 13.7 Å². The molecule has 0 unspecified atom stereocenters. The number of rotatable bonds is 5. The van der Waals surface area contributed by atoms with Gasteiger partial charge in [0.15, 0.2) is 0 Å². The number of ether oxygens (including phenoxy) is 1. The molecular formula is C15H13NO3S. The van der Waals surface area contributed by atoms with Crippen molar-refractivity contribution < 1.29 is 14.3 Å². The van der Waals surface area contributed by atoms with Crippen LogP contribution in [-0.4, -0.2) is 25.5 Å². The number of nitrogens with one attached hydrogen (secondary N) is 1. The van der Waals surface area contributed by atoms with Crippen LogP contribution in [0.15, 0.2) is 41.8 Å². The van der Waals surface area contributed by atoms with Crippen LogP contribution in [0.25, 0.3) is 5.57 Å². The summed E-state index contributed by atoms with van der Waals surface area (Å²) in [6.45, 7) is 0.145. The summed E-state index contributed by atoms with van der Waals surface area (Å²) >= 11 is 1.35. The fraction of sp³-hybridized carbons (Fsp3) is 0.133. The molecule has 2 aromatic rings. The number of carbonyl (C=O) groups is 1. The van der Waals surface area contributed by atoms with E-state index in [4.69, 9.17) is 4.74 Å². The Morgan fingerprint density at radius 3 is 2.60 bits per heavy atom. The highest BCUT2D eigenvalue weighted by Gasteiger charge is 2.09. The van der Waals surface area contributed by atoms with E-state index in [9.17, 15) is 9.59 Å². The Morgan fingerprint density at radius 2 is 2.05 bits per heavy atom. The predicted molar refractivity (Wildman–Crippen MR) is 78.7 cm³/mol. The molecule has 1 aromatic carbocycles. The molecule has 4 nitrogen and oxygen atoms in total. The van der Waals surface area contributed by atoms with E-state index in [0.29, 0.717) is 21.8 Å². The number of hydrogen-bond acceptors (Lipinski definition) is 4. The van der Waals surface area contributed by atoms with E-state index in [1.807, 2.05) is 11.3 Å². The molecule has 0 atom stereocenters. The van der Waals surface area contributed by atoms with Crippen molar-refractivity contribution in [2.45, 2.75) is 0 Å². The van der Waals surface area contributed by atoms with E-state index in [1.54, 1.807) is 43.5 Å². The van der Waals surface area contributed by atoms with Crippen LogP contribution in [0, 0.1) is 0 Å². The van der Waals surface area contributed by atoms with Gasteiger partial charge in [-0.25, -0.2) is 4.79 Å². The number of hydrogen-bond donors (Lipinski definition) is 1. The van der Waals surface area contributed by atoms with Gasteiger partial charge in [0.25, 0.3) is 5.91 Å². The second-order valence-electron chi connectivity index (χ2n) is 3.97. The lowest BCUT2D eigenvalue weighted by Crippen LogP contribution is -2.24. The van der Waals surface area contributed by atoms with Crippen LogP contribution in [0.3, 0.4) is 0 Å². The summed E-state index contributed by atoms with van der Waals surface area (Å²) in [5, 5.41) is 4.53. The van der Waals surface area contributed by atoms with Gasteiger partial charge in [-0.3, -0.25) is 4.79 Å². The maximum Gasteiger partial charge on any atom is 0.261 e. The van der Waals surface area contributed by atoms with Crippen molar-refractivity contribution in [2.24, 2.45) is 0 Å². The van der Waals surface area contributed by atoms with Crippen LogP contribution in [0.2, 0.25) is 0 Å². The monoisotopic (exact) mass is 287 g/mol. The number of benzene rings is 1. The summed E-state index contributed by atoms with van der Waals surface area (Å²) in [6, 6.07) is 10.6. The van der Waals surface area contributed by atoms with Crippen LogP contribution in [0.5, 0.6) is 5.75 Å². The van der Waals surface area contributed by atoms with Crippen LogP contribution < -0.4 is 10.1 Å². The van der Waals surface area contributed by atoms with Crippen LogP contribution >= 0.6 is 11.3 Å². The van der Waals surface area contributed by atoms with Gasteiger partial charge in [-0.15, -0.1) is 11.3 Å². The molecule has 0 saturated carbocycles. The molecule has 102 valence electrons. The lowest BCUT2D eigenvalue weighted by atomic mass is 10.1. The van der Waals surface area contributed by atoms with Gasteiger partial charge in [-0.1, -0.05) is 18.2 Å². The molecule has 0 aliphatic heterocycles. The SMILES string of the molecule is COc1ccc(C(=C=O)CNC(=O)c2cccs2)cc1. The molecule has 1 amide bonds. The Kier molecular flexibility index (Phi) is 4.71. The summed E-state index contributed by atoms with van der Waals surface area (Å²) in [4.78, 5) is 23.4. The van der Waals surface area contributed by atoms with E-state index >= 15 is 0 Å². The van der Waals surface area contributed by atoms with Gasteiger partial charge < -0.3 is 10.1 Å². The number of methoxy groups -OCH3 is 1. The summed E-state index contributed by atoms with van der Waals surface area (Å²) in [5.74, 6) is 2.39. The Hall–Kier alpha value is -2.36. The standard InChI is InChI=1S/C15H13NO3S/c1-19-13-6-4-11(5-7-13)12(10-17)9-16-15(18)14-3-2-8-20-14/h2-8H,9H2,1H3,(H,16,18). The summed E-state index contributed by atoms with van der Waals surface area (Å²) in [5.41, 5.74) is 1.12. The summed E-state index contributed by atoms with van der Waals surface area (Å²) < 4.78 is 5.05. The molecule has 1 heterocycles. The van der Waals surface area contributed by atoms with Gasteiger partial charge in [0.1, 0.15) is 11.7 Å². The average Bonchev–Trinajstić information content (AvgIpc) is 3.02. The minimum absolute atomic E-state index is 0.145. The number of carbonyl (C=O) groups excluding carboxylic acids is 2. The molecule has 2 rings (SSSR count). The van der Waals surface area contributed by atoms with Gasteiger partial charge in [0.2, 0.25) is 0 Å². The normalized spacial score (nSPS) is 9.65. The highest BCUT2D eigenvalue weighted by molar-refractivity contribution is 7.12. The van der Waals surface area contributed by atoms with Crippen molar-refractivity contribution >= 4 is 28.8 Å². The third-order valence-electron chi connectivity index (χ3n) is 2.73. The Bertz CT molecular complexity index is 626. The van der Waals surface area contributed by atoms with Crippen LogP contribution in [0.1, 0.15) is 15.2 Å². The molecule has 1 aromatic heterocycles. The molecule has 0 saturated heterocycles. The first-order chi connectivity index (χ1) is 9.74. The van der Waals surface area contributed by atoms with E-state index < -0.39 is 0 Å². The Morgan fingerprint density at radius 1 is 1.30 bits per heavy atom. The van der Waals surface area contributed by atoms with Crippen molar-refractivity contribution in [3.8, 4) is 5.75 Å². The second kappa shape index (κ2) is 6.70. The first-order valence-corrected chi connectivity index (χ1v) is 6.82. The second-order valence-corrected chi connectivity index (χ2v) is 4.92. The third-order valence-corrected chi connectivity index (χ3v) is 3.60. The van der Waals surface area contributed by atoms with E-state index in [-0.39, 0.29) is 12.5 Å². The molecule has 0 aliphatic rings. The molecule has 0 bridgehead atoms. The zero-order chi connectivity index (χ0) is 14.4. The molecular weight excluding hydrogens is 274 g/mol. The fourth-order valence-corrected chi connectivity index (χ4v) is 2.29. The lowest BCUT2D eigenvalue weighted by Gasteiger charge is -2.06. The molecule has 0 radical (unpaired) electrons. The van der Waals surface area contributed by atoms with Crippen molar-refractivity contribution in [3.05, 3.63) is 52.2 Å². The summed E-state index contributed by atoms with van der Waals surface area (Å²) in [6.07, 6.45) is 0. The molecule has 1 N–H and O–H groups in total. The quantitative estimate of drug-likeness (QED) is 0.859. The minimum atomic E-state index is -0.193. The zero-order valence-electron chi connectivity index (χ0n) is 10.9. The van der Waals surface area contributed by atoms with Crippen molar-refractivity contribution in [3.63, 3.8) is 0 Å². The predicted octanol–water partition coefficient (Wildman–Crippen LogP) is 2.40. The lowest BCUT2D eigenvalue weighted by molar-refractivity contribution is 0.0963. The zero-order valence-corrected chi connectivity index (χ0v) is 11.7. The molecule has 5 heteroatoms. The average molecular weight is 287 g/mol. The van der Waals surface area contributed by atoms with E-state index in [2.05, 4.69) is 5.32 Å². The smallest absolute Gasteiger partial charge is 0.261 e. The Labute approximate surface area is 120 Å². The first kappa shape index (κ1) is 14.1. The maximum absolute atomic E-state index is 11.8. The van der Waals surface area contributed by atoms with E-state index in [1.165, 1.54) is 11.3 Å². The van der Waals surface area contributed by atoms with Crippen molar-refractivity contribution in [1.82, 2.24) is 5.32 Å². The Balaban J connectivity index is 2.02. The van der Waals surface area contributed by atoms with Gasteiger partial charge in [-0.2, -0.15) is 0 Å². The topological polar surface area (TPSA) is 55.4 Å². The maximum atomic E-state index is 11.8. The largest absolute Gasteiger partial charge is 0.497 e. The van der Waals surface area contributed by atoms with Gasteiger partial charge >= 0.3 is 0 Å². The van der Waals surface area contributed by atoms with Gasteiger partial charge in [0, 0.05) is 0 Å². The van der Waals surface area contributed by atoms with E-state index in [0.717, 1.165) is 0 Å². The molecule has 0 spiro atoms.